The fraction of sp³-hybridized carbons (Fsp3) is 0.179. The number of hydrogen-bond acceptors (Lipinski definition) is 5. The summed E-state index contributed by atoms with van der Waals surface area (Å²) < 4.78 is 14.5. The fourth-order valence-corrected chi connectivity index (χ4v) is 4.51. The molecule has 9 heteroatoms. The minimum Gasteiger partial charge on any atom is -0.337 e. The van der Waals surface area contributed by atoms with Crippen molar-refractivity contribution in [3.8, 4) is 22.6 Å². The van der Waals surface area contributed by atoms with Gasteiger partial charge in [-0.25, -0.2) is 14.4 Å². The number of H-pyrrole nitrogens is 2. The van der Waals surface area contributed by atoms with Crippen LogP contribution < -0.4 is 5.32 Å². The van der Waals surface area contributed by atoms with Crippen molar-refractivity contribution in [3.05, 3.63) is 78.0 Å². The average Bonchev–Trinajstić information content (AvgIpc) is 3.53. The minimum absolute atomic E-state index is 0.0348. The summed E-state index contributed by atoms with van der Waals surface area (Å²) in [6.07, 6.45) is 5.95. The lowest BCUT2D eigenvalue weighted by Gasteiger charge is -2.19. The van der Waals surface area contributed by atoms with E-state index in [2.05, 4.69) is 30.5 Å². The van der Waals surface area contributed by atoms with Gasteiger partial charge in [0.05, 0.1) is 16.4 Å². The Morgan fingerprint density at radius 3 is 2.81 bits per heavy atom. The smallest absolute Gasteiger partial charge is 0.226 e. The molecule has 1 amide bonds. The number of fused-ring (bicyclic) bond motifs is 2. The third kappa shape index (κ3) is 4.18. The monoisotopic (exact) mass is 493 g/mol. The van der Waals surface area contributed by atoms with E-state index in [0.29, 0.717) is 40.2 Å². The molecule has 0 spiro atoms. The number of amides is 1. The zero-order valence-electron chi connectivity index (χ0n) is 20.3. The molecule has 8 nitrogen and oxygen atoms in total. The molecule has 4 heterocycles. The van der Waals surface area contributed by atoms with Crippen LogP contribution in [0.2, 0.25) is 0 Å². The zero-order chi connectivity index (χ0) is 25.5. The van der Waals surface area contributed by atoms with Gasteiger partial charge < -0.3 is 10.3 Å². The van der Waals surface area contributed by atoms with Crippen LogP contribution in [0, 0.1) is 11.7 Å². The second kappa shape index (κ2) is 9.09. The summed E-state index contributed by atoms with van der Waals surface area (Å²) in [6.45, 7) is 3.71. The lowest BCUT2D eigenvalue weighted by atomic mass is 9.94. The van der Waals surface area contributed by atoms with Gasteiger partial charge in [-0.05, 0) is 23.8 Å². The fourth-order valence-electron chi connectivity index (χ4n) is 4.51. The number of para-hydroxylation sites is 1. The van der Waals surface area contributed by atoms with E-state index in [1.54, 1.807) is 24.5 Å². The van der Waals surface area contributed by atoms with Gasteiger partial charge in [-0.3, -0.25) is 14.9 Å². The van der Waals surface area contributed by atoms with E-state index in [4.69, 9.17) is 4.98 Å². The second-order valence-electron chi connectivity index (χ2n) is 9.41. The number of aliphatic imine (C=N–C) groups is 1. The van der Waals surface area contributed by atoms with E-state index in [-0.39, 0.29) is 23.6 Å². The molecule has 3 N–H and O–H groups in total. The number of carbonyl (C=O) groups is 1. The van der Waals surface area contributed by atoms with Gasteiger partial charge in [0.25, 0.3) is 0 Å². The van der Waals surface area contributed by atoms with Crippen molar-refractivity contribution < 1.29 is 9.18 Å². The first-order valence-electron chi connectivity index (χ1n) is 12.1. The molecule has 2 aromatic carbocycles. The number of benzene rings is 2. The van der Waals surface area contributed by atoms with E-state index in [1.807, 2.05) is 50.4 Å². The predicted molar refractivity (Wildman–Crippen MR) is 141 cm³/mol. The van der Waals surface area contributed by atoms with Crippen molar-refractivity contribution >= 4 is 34.2 Å². The van der Waals surface area contributed by atoms with Gasteiger partial charge in [-0.2, -0.15) is 5.10 Å². The molecule has 1 atom stereocenters. The number of nitrogens with zero attached hydrogens (tertiary/aromatic N) is 4. The molecule has 0 aliphatic carbocycles. The Morgan fingerprint density at radius 1 is 1.14 bits per heavy atom. The lowest BCUT2D eigenvalue weighted by Crippen LogP contribution is -2.28. The molecule has 0 saturated heterocycles. The molecule has 0 bridgehead atoms. The summed E-state index contributed by atoms with van der Waals surface area (Å²) in [4.78, 5) is 29.2. The van der Waals surface area contributed by atoms with Crippen molar-refractivity contribution in [2.45, 2.75) is 26.2 Å². The Bertz CT molecular complexity index is 1710. The highest BCUT2D eigenvalue weighted by Crippen LogP contribution is 2.33. The van der Waals surface area contributed by atoms with Crippen LogP contribution in [0.25, 0.3) is 44.7 Å². The third-order valence-electron chi connectivity index (χ3n) is 6.51. The molecule has 6 rings (SSSR count). The second-order valence-corrected chi connectivity index (χ2v) is 9.41. The number of hydrogen-bond donors (Lipinski definition) is 3. The number of allylic oxidation sites excluding steroid dienone is 1. The summed E-state index contributed by atoms with van der Waals surface area (Å²) in [5, 5.41) is 11.2. The Hall–Kier alpha value is -4.66. The van der Waals surface area contributed by atoms with Crippen molar-refractivity contribution in [2.24, 2.45) is 10.9 Å². The van der Waals surface area contributed by atoms with Crippen LogP contribution in [0.4, 0.5) is 4.39 Å². The van der Waals surface area contributed by atoms with Crippen LogP contribution in [0.3, 0.4) is 0 Å². The topological polar surface area (TPSA) is 112 Å². The first kappa shape index (κ1) is 22.8. The third-order valence-corrected chi connectivity index (χ3v) is 6.51. The molecule has 37 heavy (non-hydrogen) atoms. The molecule has 0 saturated carbocycles. The Kier molecular flexibility index (Phi) is 5.60. The number of rotatable bonds is 5. The molecule has 1 aliphatic heterocycles. The SMILES string of the molecule is CC(C)C(=O)NC1=CN=CC(c2cnc3[nH]nc(-c4nc5c(-c6ccccc6F)cccc5[nH]4)c3c2)C1. The highest BCUT2D eigenvalue weighted by molar-refractivity contribution is 5.96. The summed E-state index contributed by atoms with van der Waals surface area (Å²) in [5.41, 5.74) is 5.62. The summed E-state index contributed by atoms with van der Waals surface area (Å²) in [5.74, 6) is 0.0687. The lowest BCUT2D eigenvalue weighted by molar-refractivity contribution is -0.123. The number of pyridine rings is 1. The molecular formula is C28H24FN7O. The van der Waals surface area contributed by atoms with Crippen molar-refractivity contribution in [2.75, 3.05) is 0 Å². The number of imidazole rings is 1. The zero-order valence-corrected chi connectivity index (χ0v) is 20.3. The number of halogens is 1. The molecule has 184 valence electrons. The van der Waals surface area contributed by atoms with E-state index >= 15 is 0 Å². The van der Waals surface area contributed by atoms with E-state index in [1.165, 1.54) is 6.07 Å². The maximum atomic E-state index is 14.5. The van der Waals surface area contributed by atoms with Gasteiger partial charge in [-0.15, -0.1) is 0 Å². The molecule has 5 aromatic rings. The first-order chi connectivity index (χ1) is 18.0. The Balaban J connectivity index is 1.36. The molecule has 1 unspecified atom stereocenters. The predicted octanol–water partition coefficient (Wildman–Crippen LogP) is 5.48. The van der Waals surface area contributed by atoms with E-state index in [9.17, 15) is 9.18 Å². The van der Waals surface area contributed by atoms with Crippen molar-refractivity contribution in [1.29, 1.82) is 0 Å². The van der Waals surface area contributed by atoms with Crippen LogP contribution in [0.5, 0.6) is 0 Å². The average molecular weight is 494 g/mol. The maximum absolute atomic E-state index is 14.5. The normalized spacial score (nSPS) is 15.5. The Labute approximate surface area is 211 Å². The molecule has 0 radical (unpaired) electrons. The van der Waals surface area contributed by atoms with E-state index in [0.717, 1.165) is 22.2 Å². The molecule has 0 fully saturated rings. The van der Waals surface area contributed by atoms with Crippen molar-refractivity contribution in [1.82, 2.24) is 30.5 Å². The van der Waals surface area contributed by atoms with E-state index < -0.39 is 0 Å². The first-order valence-corrected chi connectivity index (χ1v) is 12.1. The Morgan fingerprint density at radius 2 is 1.97 bits per heavy atom. The standard InChI is InChI=1S/C28H24FN7O/c1-15(2)28(37)32-18-10-16(12-30-14-18)17-11-21-25(35-36-26(21)31-13-17)27-33-23-9-5-7-20(24(23)34-27)19-6-3-4-8-22(19)29/h3-9,11-16H,10H2,1-2H3,(H,32,37)(H,33,34)(H,31,35,36). The van der Waals surface area contributed by atoms with Gasteiger partial charge >= 0.3 is 0 Å². The van der Waals surface area contributed by atoms with Gasteiger partial charge in [0.15, 0.2) is 11.5 Å². The van der Waals surface area contributed by atoms with Crippen LogP contribution in [0.1, 0.15) is 31.7 Å². The molecule has 1 aliphatic rings. The highest BCUT2D eigenvalue weighted by Gasteiger charge is 2.21. The summed E-state index contributed by atoms with van der Waals surface area (Å²) in [7, 11) is 0. The van der Waals surface area contributed by atoms with Gasteiger partial charge in [-0.1, -0.05) is 44.2 Å². The van der Waals surface area contributed by atoms with Crippen LogP contribution in [0.15, 0.2) is 71.6 Å². The van der Waals surface area contributed by atoms with Gasteiger partial charge in [0.2, 0.25) is 5.91 Å². The number of aromatic amines is 2. The van der Waals surface area contributed by atoms with Crippen LogP contribution in [-0.4, -0.2) is 37.3 Å². The summed E-state index contributed by atoms with van der Waals surface area (Å²) in [6, 6.07) is 14.3. The highest BCUT2D eigenvalue weighted by atomic mass is 19.1. The minimum atomic E-state index is -0.300. The molecular weight excluding hydrogens is 469 g/mol. The van der Waals surface area contributed by atoms with Gasteiger partial charge in [0, 0.05) is 53.7 Å². The quantitative estimate of drug-likeness (QED) is 0.301. The van der Waals surface area contributed by atoms with Crippen LogP contribution >= 0.6 is 0 Å². The number of nitrogens with one attached hydrogen (secondary N) is 3. The summed E-state index contributed by atoms with van der Waals surface area (Å²) >= 11 is 0. The van der Waals surface area contributed by atoms with Crippen molar-refractivity contribution in [3.63, 3.8) is 0 Å². The molecule has 3 aromatic heterocycles. The maximum Gasteiger partial charge on any atom is 0.226 e. The number of carbonyl (C=O) groups excluding carboxylic acids is 1. The number of aromatic nitrogens is 5. The van der Waals surface area contributed by atoms with Gasteiger partial charge in [0.1, 0.15) is 11.5 Å². The largest absolute Gasteiger partial charge is 0.337 e. The van der Waals surface area contributed by atoms with Crippen LogP contribution in [-0.2, 0) is 4.79 Å².